The quantitative estimate of drug-likeness (QED) is 0.0512. The lowest BCUT2D eigenvalue weighted by molar-refractivity contribution is 0.181. The van der Waals surface area contributed by atoms with Crippen LogP contribution in [-0.4, -0.2) is 40.7 Å². The molecule has 0 saturated carbocycles. The van der Waals surface area contributed by atoms with Crippen molar-refractivity contribution >= 4 is 42.1 Å². The van der Waals surface area contributed by atoms with E-state index >= 15 is 0 Å². The molecule has 5 N–H and O–H groups in total. The van der Waals surface area contributed by atoms with E-state index in [1.54, 1.807) is 16.7 Å². The van der Waals surface area contributed by atoms with Crippen LogP contribution >= 0.6 is 0 Å². The Kier molecular flexibility index (Phi) is 11.8. The standard InChI is InChI=1S/C43H50N4O7Si/c1-43(2,3)55(4,5)54-38(32-18-21-36(48)40-33(32)19-22-39(49)46-40)27-44-26-29-16-20-35-37(25-29)53-42(52)47(35)23-11-7-8-12-28-15-17-31(30-13-9-6-10-14-30)34(24-28)45-41(50)51/h6,9-10,13-22,24-25,38,44-45,48H,7-8,11-12,23,26-27H2,1-5H3,(H,46,49)(H,50,51)/t38-/m1/s1. The largest absolute Gasteiger partial charge is 0.506 e. The average Bonchev–Trinajstić information content (AvgIpc) is 3.44. The minimum absolute atomic E-state index is 0.00745. The van der Waals surface area contributed by atoms with E-state index in [0.29, 0.717) is 36.4 Å². The number of anilines is 1. The van der Waals surface area contributed by atoms with Crippen LogP contribution in [0.4, 0.5) is 10.5 Å². The molecule has 11 nitrogen and oxygen atoms in total. The summed E-state index contributed by atoms with van der Waals surface area (Å²) >= 11 is 0. The van der Waals surface area contributed by atoms with Gasteiger partial charge >= 0.3 is 11.8 Å². The zero-order chi connectivity index (χ0) is 39.3. The van der Waals surface area contributed by atoms with E-state index in [1.807, 2.05) is 72.8 Å². The number of aryl methyl sites for hydroxylation is 2. The first-order valence-electron chi connectivity index (χ1n) is 18.7. The lowest BCUT2D eigenvalue weighted by Gasteiger charge is -2.39. The van der Waals surface area contributed by atoms with E-state index < -0.39 is 14.4 Å². The Hall–Kier alpha value is -5.43. The molecule has 1 amide bonds. The number of carbonyl (C=O) groups is 1. The second-order valence-corrected chi connectivity index (χ2v) is 20.3. The number of amides is 1. The van der Waals surface area contributed by atoms with Gasteiger partial charge < -0.3 is 29.4 Å². The normalized spacial score (nSPS) is 12.7. The number of phenolic OH excluding ortho intramolecular Hbond substituents is 1. The Bertz CT molecular complexity index is 2410. The van der Waals surface area contributed by atoms with Crippen molar-refractivity contribution in [2.24, 2.45) is 0 Å². The number of fused-ring (bicyclic) bond motifs is 2. The Morgan fingerprint density at radius 2 is 1.69 bits per heavy atom. The SMILES string of the molecule is CC(C)(C)[Si](C)(C)O[C@H](CNCc1ccc2c(c1)oc(=O)n2CCCCCc1ccc(-c2ccccc2)c(NC(=O)O)c1)c1ccc(O)c2[nH]c(=O)ccc12. The Morgan fingerprint density at radius 3 is 2.44 bits per heavy atom. The zero-order valence-electron chi connectivity index (χ0n) is 32.1. The summed E-state index contributed by atoms with van der Waals surface area (Å²) in [6, 6.07) is 28.0. The van der Waals surface area contributed by atoms with Crippen molar-refractivity contribution in [3.63, 3.8) is 0 Å². The maximum Gasteiger partial charge on any atom is 0.419 e. The molecule has 0 spiro atoms. The van der Waals surface area contributed by atoms with E-state index in [4.69, 9.17) is 8.84 Å². The molecule has 0 radical (unpaired) electrons. The maximum atomic E-state index is 12.9. The maximum absolute atomic E-state index is 12.9. The van der Waals surface area contributed by atoms with E-state index in [2.05, 4.69) is 49.5 Å². The number of carboxylic acid groups (broad SMARTS) is 1. The van der Waals surface area contributed by atoms with Crippen LogP contribution in [0.3, 0.4) is 0 Å². The van der Waals surface area contributed by atoms with Crippen LogP contribution in [0.25, 0.3) is 33.1 Å². The van der Waals surface area contributed by atoms with E-state index in [1.165, 1.54) is 6.07 Å². The number of nitrogens with zero attached hydrogens (tertiary/aromatic N) is 1. The molecule has 0 fully saturated rings. The summed E-state index contributed by atoms with van der Waals surface area (Å²) < 4.78 is 14.3. The Labute approximate surface area is 321 Å². The van der Waals surface area contributed by atoms with Crippen LogP contribution in [0, 0.1) is 0 Å². The highest BCUT2D eigenvalue weighted by Gasteiger charge is 2.39. The van der Waals surface area contributed by atoms with Gasteiger partial charge in [0.05, 0.1) is 22.8 Å². The van der Waals surface area contributed by atoms with Gasteiger partial charge in [0.2, 0.25) is 5.56 Å². The molecule has 0 aliphatic heterocycles. The molecule has 6 rings (SSSR count). The van der Waals surface area contributed by atoms with Crippen LogP contribution < -0.4 is 21.9 Å². The first-order valence-corrected chi connectivity index (χ1v) is 21.6. The lowest BCUT2D eigenvalue weighted by atomic mass is 9.99. The summed E-state index contributed by atoms with van der Waals surface area (Å²) in [5.74, 6) is -0.380. The number of H-pyrrole nitrogens is 1. The van der Waals surface area contributed by atoms with Crippen molar-refractivity contribution in [1.29, 1.82) is 0 Å². The van der Waals surface area contributed by atoms with Gasteiger partial charge in [-0.15, -0.1) is 0 Å². The van der Waals surface area contributed by atoms with Gasteiger partial charge in [0.15, 0.2) is 13.9 Å². The molecular weight excluding hydrogens is 713 g/mol. The van der Waals surface area contributed by atoms with Crippen molar-refractivity contribution in [2.75, 3.05) is 11.9 Å². The van der Waals surface area contributed by atoms with Gasteiger partial charge in [-0.1, -0.05) is 81.8 Å². The number of phenols is 1. The number of unbranched alkanes of at least 4 members (excludes halogenated alkanes) is 2. The predicted molar refractivity (Wildman–Crippen MR) is 221 cm³/mol. The number of hydrogen-bond acceptors (Lipinski definition) is 7. The van der Waals surface area contributed by atoms with Crippen molar-refractivity contribution in [3.8, 4) is 16.9 Å². The minimum atomic E-state index is -2.24. The van der Waals surface area contributed by atoms with Crippen molar-refractivity contribution < 1.29 is 23.9 Å². The number of rotatable bonds is 15. The highest BCUT2D eigenvalue weighted by Crippen LogP contribution is 2.41. The highest BCUT2D eigenvalue weighted by molar-refractivity contribution is 6.74. The van der Waals surface area contributed by atoms with Crippen LogP contribution in [0.2, 0.25) is 18.1 Å². The molecule has 0 aliphatic rings. The monoisotopic (exact) mass is 762 g/mol. The van der Waals surface area contributed by atoms with E-state index in [0.717, 1.165) is 64.4 Å². The number of oxazole rings is 1. The first kappa shape index (κ1) is 39.3. The van der Waals surface area contributed by atoms with Gasteiger partial charge in [0.1, 0.15) is 5.75 Å². The van der Waals surface area contributed by atoms with Crippen LogP contribution in [0.5, 0.6) is 5.75 Å². The number of benzene rings is 4. The summed E-state index contributed by atoms with van der Waals surface area (Å²) in [5.41, 5.74) is 6.59. The van der Waals surface area contributed by atoms with Crippen LogP contribution in [-0.2, 0) is 23.9 Å². The second kappa shape index (κ2) is 16.5. The van der Waals surface area contributed by atoms with Crippen molar-refractivity contribution in [2.45, 2.75) is 83.8 Å². The lowest BCUT2D eigenvalue weighted by Crippen LogP contribution is -2.43. The van der Waals surface area contributed by atoms with E-state index in [9.17, 15) is 24.6 Å². The molecule has 55 heavy (non-hydrogen) atoms. The zero-order valence-corrected chi connectivity index (χ0v) is 33.1. The molecule has 4 aromatic carbocycles. The molecule has 6 aromatic rings. The van der Waals surface area contributed by atoms with Gasteiger partial charge in [-0.2, -0.15) is 0 Å². The topological polar surface area (TPSA) is 159 Å². The molecule has 1 atom stereocenters. The molecule has 2 aromatic heterocycles. The van der Waals surface area contributed by atoms with Gasteiger partial charge in [-0.3, -0.25) is 14.7 Å². The molecule has 288 valence electrons. The highest BCUT2D eigenvalue weighted by atomic mass is 28.4. The average molecular weight is 763 g/mol. The van der Waals surface area contributed by atoms with Gasteiger partial charge in [0.25, 0.3) is 0 Å². The molecule has 2 heterocycles. The first-order chi connectivity index (χ1) is 26.2. The fourth-order valence-corrected chi connectivity index (χ4v) is 7.95. The predicted octanol–water partition coefficient (Wildman–Crippen LogP) is 9.16. The van der Waals surface area contributed by atoms with Gasteiger partial charge in [0, 0.05) is 36.7 Å². The van der Waals surface area contributed by atoms with Crippen molar-refractivity contribution in [3.05, 3.63) is 129 Å². The molecular formula is C43H50N4O7Si. The fraction of sp³-hybridized carbons (Fsp3) is 0.326. The third-order valence-electron chi connectivity index (χ3n) is 10.6. The molecule has 0 aliphatic carbocycles. The third-order valence-corrected chi connectivity index (χ3v) is 15.1. The number of aromatic nitrogens is 2. The summed E-state index contributed by atoms with van der Waals surface area (Å²) in [6.07, 6.45) is 1.88. The van der Waals surface area contributed by atoms with Gasteiger partial charge in [-0.25, -0.2) is 9.59 Å². The molecule has 0 bridgehead atoms. The number of pyridine rings is 1. The second-order valence-electron chi connectivity index (χ2n) is 15.6. The smallest absolute Gasteiger partial charge is 0.419 e. The Balaban J connectivity index is 1.08. The molecule has 0 unspecified atom stereocenters. The Morgan fingerprint density at radius 1 is 0.927 bits per heavy atom. The summed E-state index contributed by atoms with van der Waals surface area (Å²) in [6.45, 7) is 12.5. The third kappa shape index (κ3) is 9.27. The fourth-order valence-electron chi connectivity index (χ4n) is 6.68. The number of aromatic hydroxyl groups is 1. The summed E-state index contributed by atoms with van der Waals surface area (Å²) in [4.78, 5) is 39.2. The van der Waals surface area contributed by atoms with Crippen molar-refractivity contribution in [1.82, 2.24) is 14.9 Å². The van der Waals surface area contributed by atoms with Crippen LogP contribution in [0.15, 0.2) is 105 Å². The molecule has 0 saturated heterocycles. The van der Waals surface area contributed by atoms with Crippen LogP contribution in [0.1, 0.15) is 62.8 Å². The number of hydrogen-bond donors (Lipinski definition) is 5. The minimum Gasteiger partial charge on any atom is -0.506 e. The van der Waals surface area contributed by atoms with E-state index in [-0.39, 0.29) is 28.2 Å². The number of nitrogens with one attached hydrogen (secondary N) is 3. The van der Waals surface area contributed by atoms with Gasteiger partial charge in [-0.05, 0) is 90.0 Å². The number of aromatic amines is 1. The summed E-state index contributed by atoms with van der Waals surface area (Å²) in [7, 11) is -2.24. The summed E-state index contributed by atoms with van der Waals surface area (Å²) in [5, 5.41) is 26.7. The molecule has 12 heteroatoms.